The minimum absolute atomic E-state index is 0.0262. The summed E-state index contributed by atoms with van der Waals surface area (Å²) in [5.41, 5.74) is 0.0262. The summed E-state index contributed by atoms with van der Waals surface area (Å²) in [5.74, 6) is 0.410. The smallest absolute Gasteiger partial charge is 0.225 e. The first-order valence-electron chi connectivity index (χ1n) is 7.27. The van der Waals surface area contributed by atoms with Gasteiger partial charge in [-0.25, -0.2) is 0 Å². The molecule has 1 aliphatic rings. The summed E-state index contributed by atoms with van der Waals surface area (Å²) >= 11 is 0. The molecule has 1 fully saturated rings. The van der Waals surface area contributed by atoms with Crippen LogP contribution in [0.1, 0.15) is 53.9 Å². The van der Waals surface area contributed by atoms with E-state index in [0.717, 1.165) is 25.9 Å². The van der Waals surface area contributed by atoms with Crippen molar-refractivity contribution in [2.45, 2.75) is 59.9 Å². The second-order valence-corrected chi connectivity index (χ2v) is 7.06. The number of carbonyl (C=O) groups excluding carboxylic acids is 2. The molecule has 0 aromatic carbocycles. The monoisotopic (exact) mass is 268 g/mol. The van der Waals surface area contributed by atoms with Gasteiger partial charge in [0.05, 0.1) is 0 Å². The molecule has 0 atom stereocenters. The Balaban J connectivity index is 2.34. The van der Waals surface area contributed by atoms with Crippen LogP contribution in [0.4, 0.5) is 0 Å². The zero-order valence-corrected chi connectivity index (χ0v) is 13.0. The maximum Gasteiger partial charge on any atom is 0.225 e. The molecule has 4 heteroatoms. The van der Waals surface area contributed by atoms with Crippen LogP contribution in [0.2, 0.25) is 0 Å². The van der Waals surface area contributed by atoms with Crippen molar-refractivity contribution < 1.29 is 9.59 Å². The molecule has 19 heavy (non-hydrogen) atoms. The lowest BCUT2D eigenvalue weighted by molar-refractivity contribution is -0.135. The molecule has 0 saturated carbocycles. The number of likely N-dealkylation sites (tertiary alicyclic amines) is 1. The van der Waals surface area contributed by atoms with Crippen molar-refractivity contribution in [2.24, 2.45) is 11.3 Å². The molecule has 0 aromatic rings. The van der Waals surface area contributed by atoms with Crippen LogP contribution >= 0.6 is 0 Å². The second-order valence-electron chi connectivity index (χ2n) is 7.06. The third kappa shape index (κ3) is 5.62. The van der Waals surface area contributed by atoms with Crippen molar-refractivity contribution in [1.29, 1.82) is 0 Å². The van der Waals surface area contributed by atoms with Crippen molar-refractivity contribution in [2.75, 3.05) is 13.1 Å². The van der Waals surface area contributed by atoms with Gasteiger partial charge in [-0.1, -0.05) is 34.6 Å². The molecule has 0 unspecified atom stereocenters. The van der Waals surface area contributed by atoms with Crippen molar-refractivity contribution in [3.63, 3.8) is 0 Å². The quantitative estimate of drug-likeness (QED) is 0.853. The fourth-order valence-corrected chi connectivity index (χ4v) is 2.37. The summed E-state index contributed by atoms with van der Waals surface area (Å²) in [6.45, 7) is 11.6. The van der Waals surface area contributed by atoms with Gasteiger partial charge in [-0.15, -0.1) is 0 Å². The first-order chi connectivity index (χ1) is 8.69. The largest absolute Gasteiger partial charge is 0.353 e. The Morgan fingerprint density at radius 3 is 2.16 bits per heavy atom. The van der Waals surface area contributed by atoms with E-state index in [1.165, 1.54) is 0 Å². The summed E-state index contributed by atoms with van der Waals surface area (Å²) < 4.78 is 0. The first kappa shape index (κ1) is 16.0. The molecule has 1 aliphatic heterocycles. The molecule has 0 bridgehead atoms. The summed E-state index contributed by atoms with van der Waals surface area (Å²) in [7, 11) is 0. The van der Waals surface area contributed by atoms with Gasteiger partial charge in [-0.05, 0) is 18.3 Å². The Hall–Kier alpha value is -1.06. The fourth-order valence-electron chi connectivity index (χ4n) is 2.37. The Labute approximate surface area is 116 Å². The van der Waals surface area contributed by atoms with Crippen molar-refractivity contribution in [1.82, 2.24) is 10.2 Å². The normalized spacial score (nSPS) is 17.7. The number of hydrogen-bond acceptors (Lipinski definition) is 2. The van der Waals surface area contributed by atoms with Gasteiger partial charge in [-0.3, -0.25) is 9.59 Å². The van der Waals surface area contributed by atoms with E-state index in [1.54, 1.807) is 0 Å². The molecular formula is C15H28N2O2. The summed E-state index contributed by atoms with van der Waals surface area (Å²) in [6, 6.07) is 0.228. The lowest BCUT2D eigenvalue weighted by atomic mass is 9.91. The molecule has 1 saturated heterocycles. The lowest BCUT2D eigenvalue weighted by Crippen LogP contribution is -2.47. The van der Waals surface area contributed by atoms with Gasteiger partial charge in [-0.2, -0.15) is 0 Å². The summed E-state index contributed by atoms with van der Waals surface area (Å²) in [4.78, 5) is 25.6. The number of hydrogen-bond donors (Lipinski definition) is 1. The minimum Gasteiger partial charge on any atom is -0.353 e. The lowest BCUT2D eigenvalue weighted by Gasteiger charge is -2.33. The van der Waals surface area contributed by atoms with E-state index in [-0.39, 0.29) is 29.2 Å². The Morgan fingerprint density at radius 2 is 1.74 bits per heavy atom. The molecule has 2 amide bonds. The SMILES string of the molecule is CC(C)C(=O)N1CCC(NC(=O)CC(C)(C)C)CC1. The zero-order valence-electron chi connectivity index (χ0n) is 13.0. The predicted octanol–water partition coefficient (Wildman–Crippen LogP) is 2.19. The molecule has 0 aromatic heterocycles. The third-order valence-electron chi connectivity index (χ3n) is 3.36. The molecular weight excluding hydrogens is 240 g/mol. The Morgan fingerprint density at radius 1 is 1.21 bits per heavy atom. The van der Waals surface area contributed by atoms with E-state index in [0.29, 0.717) is 6.42 Å². The number of piperidine rings is 1. The molecule has 4 nitrogen and oxygen atoms in total. The average Bonchev–Trinajstić information content (AvgIpc) is 2.26. The van der Waals surface area contributed by atoms with E-state index in [4.69, 9.17) is 0 Å². The molecule has 0 aliphatic carbocycles. The highest BCUT2D eigenvalue weighted by Crippen LogP contribution is 2.19. The van der Waals surface area contributed by atoms with Crippen LogP contribution in [0, 0.1) is 11.3 Å². The van der Waals surface area contributed by atoms with Crippen LogP contribution in [-0.4, -0.2) is 35.8 Å². The van der Waals surface area contributed by atoms with Crippen LogP contribution in [0.25, 0.3) is 0 Å². The maximum atomic E-state index is 11.9. The molecule has 110 valence electrons. The minimum atomic E-state index is 0.0262. The highest BCUT2D eigenvalue weighted by Gasteiger charge is 2.26. The van der Waals surface area contributed by atoms with E-state index in [2.05, 4.69) is 26.1 Å². The van der Waals surface area contributed by atoms with Crippen LogP contribution in [0.15, 0.2) is 0 Å². The number of rotatable bonds is 3. The van der Waals surface area contributed by atoms with Crippen LogP contribution < -0.4 is 5.32 Å². The van der Waals surface area contributed by atoms with Gasteiger partial charge in [0.15, 0.2) is 0 Å². The van der Waals surface area contributed by atoms with E-state index in [9.17, 15) is 9.59 Å². The van der Waals surface area contributed by atoms with Gasteiger partial charge in [0, 0.05) is 31.5 Å². The first-order valence-corrected chi connectivity index (χ1v) is 7.27. The van der Waals surface area contributed by atoms with E-state index >= 15 is 0 Å². The van der Waals surface area contributed by atoms with Crippen LogP contribution in [-0.2, 0) is 9.59 Å². The number of nitrogens with one attached hydrogen (secondary N) is 1. The van der Waals surface area contributed by atoms with E-state index < -0.39 is 0 Å². The van der Waals surface area contributed by atoms with Gasteiger partial charge in [0.25, 0.3) is 0 Å². The molecule has 1 N–H and O–H groups in total. The van der Waals surface area contributed by atoms with Gasteiger partial charge in [0.1, 0.15) is 0 Å². The predicted molar refractivity (Wildman–Crippen MR) is 76.7 cm³/mol. The highest BCUT2D eigenvalue weighted by molar-refractivity contribution is 5.78. The van der Waals surface area contributed by atoms with E-state index in [1.807, 2.05) is 18.7 Å². The summed E-state index contributed by atoms with van der Waals surface area (Å²) in [6.07, 6.45) is 2.29. The molecule has 0 spiro atoms. The van der Waals surface area contributed by atoms with Crippen molar-refractivity contribution in [3.05, 3.63) is 0 Å². The molecule has 1 heterocycles. The second kappa shape index (κ2) is 6.40. The van der Waals surface area contributed by atoms with Crippen LogP contribution in [0.3, 0.4) is 0 Å². The zero-order chi connectivity index (χ0) is 14.6. The topological polar surface area (TPSA) is 49.4 Å². The maximum absolute atomic E-state index is 11.9. The van der Waals surface area contributed by atoms with Gasteiger partial charge < -0.3 is 10.2 Å². The summed E-state index contributed by atoms with van der Waals surface area (Å²) in [5, 5.41) is 3.09. The third-order valence-corrected chi connectivity index (χ3v) is 3.36. The fraction of sp³-hybridized carbons (Fsp3) is 0.867. The Kier molecular flexibility index (Phi) is 5.39. The average molecular weight is 268 g/mol. The number of nitrogens with zero attached hydrogens (tertiary/aromatic N) is 1. The number of carbonyl (C=O) groups is 2. The number of amides is 2. The standard InChI is InChI=1S/C15H28N2O2/c1-11(2)14(19)17-8-6-12(7-9-17)16-13(18)10-15(3,4)5/h11-12H,6-10H2,1-5H3,(H,16,18). The Bertz CT molecular complexity index is 324. The van der Waals surface area contributed by atoms with Crippen molar-refractivity contribution >= 4 is 11.8 Å². The highest BCUT2D eigenvalue weighted by atomic mass is 16.2. The van der Waals surface area contributed by atoms with Crippen molar-refractivity contribution in [3.8, 4) is 0 Å². The van der Waals surface area contributed by atoms with Gasteiger partial charge in [0.2, 0.25) is 11.8 Å². The van der Waals surface area contributed by atoms with Crippen LogP contribution in [0.5, 0.6) is 0 Å². The molecule has 0 radical (unpaired) electrons. The molecule has 1 rings (SSSR count). The van der Waals surface area contributed by atoms with Gasteiger partial charge >= 0.3 is 0 Å².